The maximum absolute atomic E-state index is 12.2. The average molecular weight is 380 g/mol. The van der Waals surface area contributed by atoms with Crippen LogP contribution < -0.4 is 20.1 Å². The quantitative estimate of drug-likeness (QED) is 0.848. The third-order valence-electron chi connectivity index (χ3n) is 5.36. The van der Waals surface area contributed by atoms with Crippen molar-refractivity contribution >= 4 is 17.5 Å². The van der Waals surface area contributed by atoms with Crippen molar-refractivity contribution in [3.05, 3.63) is 53.1 Å². The molecule has 0 bridgehead atoms. The van der Waals surface area contributed by atoms with Crippen LogP contribution in [0.3, 0.4) is 0 Å². The van der Waals surface area contributed by atoms with Crippen LogP contribution in [0, 0.1) is 13.8 Å². The number of benzene rings is 2. The number of hydrogen-bond acceptors (Lipinski definition) is 4. The standard InChI is InChI=1S/C22H24N2O4/c1-14-5-6-16(11-15(14)2)21(26)23-13-20(25)24-17-7-8-18-19(12-17)28-22(27-18)9-3-4-10-22/h5-8,11-12H,3-4,9-10,13H2,1-2H3,(H,23,26)(H,24,25). The van der Waals surface area contributed by atoms with Gasteiger partial charge in [0, 0.05) is 30.2 Å². The molecule has 4 rings (SSSR count). The van der Waals surface area contributed by atoms with E-state index in [1.807, 2.05) is 32.0 Å². The molecule has 1 aliphatic heterocycles. The van der Waals surface area contributed by atoms with Gasteiger partial charge in [-0.15, -0.1) is 0 Å². The van der Waals surface area contributed by atoms with Crippen LogP contribution in [0.1, 0.15) is 47.2 Å². The van der Waals surface area contributed by atoms with E-state index in [1.54, 1.807) is 18.2 Å². The van der Waals surface area contributed by atoms with Gasteiger partial charge in [-0.3, -0.25) is 9.59 Å². The minimum Gasteiger partial charge on any atom is -0.448 e. The zero-order chi connectivity index (χ0) is 19.7. The van der Waals surface area contributed by atoms with Crippen molar-refractivity contribution in [3.8, 4) is 11.5 Å². The molecule has 2 N–H and O–H groups in total. The van der Waals surface area contributed by atoms with E-state index in [-0.39, 0.29) is 18.4 Å². The Bertz CT molecular complexity index is 932. The first kappa shape index (κ1) is 18.3. The lowest BCUT2D eigenvalue weighted by Crippen LogP contribution is -2.34. The summed E-state index contributed by atoms with van der Waals surface area (Å²) in [5.74, 6) is 0.269. The van der Waals surface area contributed by atoms with E-state index in [9.17, 15) is 9.59 Å². The molecule has 2 amide bonds. The molecule has 1 heterocycles. The van der Waals surface area contributed by atoms with Gasteiger partial charge < -0.3 is 20.1 Å². The first-order chi connectivity index (χ1) is 13.4. The Labute approximate surface area is 164 Å². The van der Waals surface area contributed by atoms with Crippen LogP contribution in [0.15, 0.2) is 36.4 Å². The summed E-state index contributed by atoms with van der Waals surface area (Å²) < 4.78 is 12.0. The van der Waals surface area contributed by atoms with Crippen molar-refractivity contribution in [2.45, 2.75) is 45.3 Å². The topological polar surface area (TPSA) is 76.7 Å². The Morgan fingerprint density at radius 3 is 2.46 bits per heavy atom. The average Bonchev–Trinajstić information content (AvgIpc) is 3.27. The van der Waals surface area contributed by atoms with Crippen LogP contribution in [0.4, 0.5) is 5.69 Å². The lowest BCUT2D eigenvalue weighted by Gasteiger charge is -2.21. The smallest absolute Gasteiger partial charge is 0.251 e. The number of aryl methyl sites for hydroxylation is 2. The highest BCUT2D eigenvalue weighted by Crippen LogP contribution is 2.47. The van der Waals surface area contributed by atoms with Gasteiger partial charge in [-0.1, -0.05) is 6.07 Å². The largest absolute Gasteiger partial charge is 0.448 e. The molecule has 0 saturated heterocycles. The molecule has 0 atom stereocenters. The number of hydrogen-bond donors (Lipinski definition) is 2. The molecule has 6 heteroatoms. The lowest BCUT2D eigenvalue weighted by molar-refractivity contribution is -0.115. The molecule has 0 radical (unpaired) electrons. The van der Waals surface area contributed by atoms with Gasteiger partial charge in [0.25, 0.3) is 11.7 Å². The highest BCUT2D eigenvalue weighted by atomic mass is 16.7. The molecule has 0 aromatic heterocycles. The van der Waals surface area contributed by atoms with Crippen LogP contribution in [0.2, 0.25) is 0 Å². The summed E-state index contributed by atoms with van der Waals surface area (Å²) in [6.07, 6.45) is 3.96. The van der Waals surface area contributed by atoms with Crippen LogP contribution >= 0.6 is 0 Å². The van der Waals surface area contributed by atoms with E-state index in [0.29, 0.717) is 22.7 Å². The Balaban J connectivity index is 1.33. The maximum Gasteiger partial charge on any atom is 0.251 e. The summed E-state index contributed by atoms with van der Waals surface area (Å²) in [4.78, 5) is 24.5. The number of nitrogens with one attached hydrogen (secondary N) is 2. The number of anilines is 1. The van der Waals surface area contributed by atoms with Crippen LogP contribution in [-0.2, 0) is 4.79 Å². The SMILES string of the molecule is Cc1ccc(C(=O)NCC(=O)Nc2ccc3c(c2)OC2(CCCC2)O3)cc1C. The Kier molecular flexibility index (Phi) is 4.71. The van der Waals surface area contributed by atoms with E-state index in [1.165, 1.54) is 0 Å². The molecule has 1 fully saturated rings. The molecular weight excluding hydrogens is 356 g/mol. The summed E-state index contributed by atoms with van der Waals surface area (Å²) in [6.45, 7) is 3.84. The monoisotopic (exact) mass is 380 g/mol. The summed E-state index contributed by atoms with van der Waals surface area (Å²) in [5.41, 5.74) is 3.32. The molecule has 2 aromatic carbocycles. The van der Waals surface area contributed by atoms with Gasteiger partial charge in [0.15, 0.2) is 11.5 Å². The normalized spacial score (nSPS) is 16.2. The predicted molar refractivity (Wildman–Crippen MR) is 106 cm³/mol. The minimum absolute atomic E-state index is 0.107. The predicted octanol–water partition coefficient (Wildman–Crippen LogP) is 3.71. The van der Waals surface area contributed by atoms with Crippen molar-refractivity contribution < 1.29 is 19.1 Å². The van der Waals surface area contributed by atoms with Crippen LogP contribution in [0.25, 0.3) is 0 Å². The summed E-state index contributed by atoms with van der Waals surface area (Å²) in [5, 5.41) is 5.44. The molecule has 1 spiro atoms. The fourth-order valence-electron chi connectivity index (χ4n) is 3.64. The first-order valence-electron chi connectivity index (χ1n) is 9.62. The first-order valence-corrected chi connectivity index (χ1v) is 9.62. The number of carbonyl (C=O) groups excluding carboxylic acids is 2. The highest BCUT2D eigenvalue weighted by Gasteiger charge is 2.44. The fourth-order valence-corrected chi connectivity index (χ4v) is 3.64. The molecule has 1 saturated carbocycles. The van der Waals surface area contributed by atoms with Gasteiger partial charge in [0.05, 0.1) is 6.54 Å². The van der Waals surface area contributed by atoms with Gasteiger partial charge >= 0.3 is 0 Å². The Morgan fingerprint density at radius 2 is 1.71 bits per heavy atom. The fraction of sp³-hybridized carbons (Fsp3) is 0.364. The van der Waals surface area contributed by atoms with E-state index >= 15 is 0 Å². The Hall–Kier alpha value is -3.02. The second-order valence-electron chi connectivity index (χ2n) is 7.51. The zero-order valence-electron chi connectivity index (χ0n) is 16.1. The summed E-state index contributed by atoms with van der Waals surface area (Å²) in [7, 11) is 0. The number of carbonyl (C=O) groups is 2. The Morgan fingerprint density at radius 1 is 0.964 bits per heavy atom. The summed E-state index contributed by atoms with van der Waals surface area (Å²) >= 11 is 0. The molecule has 6 nitrogen and oxygen atoms in total. The molecule has 1 aliphatic carbocycles. The highest BCUT2D eigenvalue weighted by molar-refractivity contribution is 5.99. The van der Waals surface area contributed by atoms with Gasteiger partial charge in [-0.25, -0.2) is 0 Å². The van der Waals surface area contributed by atoms with E-state index in [2.05, 4.69) is 10.6 Å². The number of ether oxygens (including phenoxy) is 2. The molecule has 146 valence electrons. The summed E-state index contributed by atoms with van der Waals surface area (Å²) in [6, 6.07) is 10.8. The van der Waals surface area contributed by atoms with Crippen LogP contribution in [-0.4, -0.2) is 24.1 Å². The van der Waals surface area contributed by atoms with Crippen molar-refractivity contribution in [2.24, 2.45) is 0 Å². The lowest BCUT2D eigenvalue weighted by atomic mass is 10.1. The van der Waals surface area contributed by atoms with E-state index < -0.39 is 5.79 Å². The van der Waals surface area contributed by atoms with Crippen molar-refractivity contribution in [1.29, 1.82) is 0 Å². The van der Waals surface area contributed by atoms with Crippen molar-refractivity contribution in [2.75, 3.05) is 11.9 Å². The van der Waals surface area contributed by atoms with Crippen LogP contribution in [0.5, 0.6) is 11.5 Å². The van der Waals surface area contributed by atoms with Gasteiger partial charge in [0.1, 0.15) is 0 Å². The van der Waals surface area contributed by atoms with Gasteiger partial charge in [0.2, 0.25) is 5.91 Å². The maximum atomic E-state index is 12.2. The second kappa shape index (κ2) is 7.19. The molecule has 2 aromatic rings. The third-order valence-corrected chi connectivity index (χ3v) is 5.36. The minimum atomic E-state index is -0.523. The number of amides is 2. The third kappa shape index (κ3) is 3.67. The second-order valence-corrected chi connectivity index (χ2v) is 7.51. The molecule has 0 unspecified atom stereocenters. The molecular formula is C22H24N2O4. The van der Waals surface area contributed by atoms with Gasteiger partial charge in [-0.2, -0.15) is 0 Å². The van der Waals surface area contributed by atoms with Crippen molar-refractivity contribution in [1.82, 2.24) is 5.32 Å². The number of fused-ring (bicyclic) bond motifs is 1. The van der Waals surface area contributed by atoms with Gasteiger partial charge in [-0.05, 0) is 62.1 Å². The zero-order valence-corrected chi connectivity index (χ0v) is 16.1. The van der Waals surface area contributed by atoms with Crippen molar-refractivity contribution in [3.63, 3.8) is 0 Å². The molecule has 2 aliphatic rings. The van der Waals surface area contributed by atoms with E-state index in [4.69, 9.17) is 9.47 Å². The van der Waals surface area contributed by atoms with E-state index in [0.717, 1.165) is 36.8 Å². The molecule has 28 heavy (non-hydrogen) atoms. The number of rotatable bonds is 4.